The van der Waals surface area contributed by atoms with E-state index in [0.717, 1.165) is 0 Å². The highest BCUT2D eigenvalue weighted by molar-refractivity contribution is 5.94. The molecule has 0 radical (unpaired) electrons. The van der Waals surface area contributed by atoms with Gasteiger partial charge in [0, 0.05) is 44.6 Å². The van der Waals surface area contributed by atoms with Crippen LogP contribution >= 0.6 is 0 Å². The van der Waals surface area contributed by atoms with Crippen molar-refractivity contribution in [3.63, 3.8) is 0 Å². The molecule has 0 spiro atoms. The Morgan fingerprint density at radius 3 is 2.86 bits per heavy atom. The average molecular weight is 582 g/mol. The van der Waals surface area contributed by atoms with E-state index in [0.29, 0.717) is 71.6 Å². The van der Waals surface area contributed by atoms with E-state index in [9.17, 15) is 4.79 Å². The van der Waals surface area contributed by atoms with Crippen LogP contribution in [0, 0.1) is 24.6 Å². The highest BCUT2D eigenvalue weighted by Crippen LogP contribution is 2.33. The molecule has 1 amide bonds. The lowest BCUT2D eigenvalue weighted by molar-refractivity contribution is -0.128. The van der Waals surface area contributed by atoms with E-state index in [1.807, 2.05) is 12.1 Å². The van der Waals surface area contributed by atoms with Gasteiger partial charge < -0.3 is 24.6 Å². The van der Waals surface area contributed by atoms with Crippen molar-refractivity contribution in [3.8, 4) is 23.3 Å². The summed E-state index contributed by atoms with van der Waals surface area (Å²) in [7, 11) is 1.61. The van der Waals surface area contributed by atoms with Crippen LogP contribution in [-0.2, 0) is 9.53 Å². The van der Waals surface area contributed by atoms with E-state index in [1.54, 1.807) is 60.8 Å². The lowest BCUT2D eigenvalue weighted by atomic mass is 10.1. The molecule has 1 aromatic carbocycles. The van der Waals surface area contributed by atoms with Crippen molar-refractivity contribution in [1.29, 1.82) is 0 Å². The molecule has 13 heteroatoms. The topological polar surface area (TPSA) is 123 Å². The Hall–Kier alpha value is -5.35. The van der Waals surface area contributed by atoms with Crippen molar-refractivity contribution in [3.05, 3.63) is 66.6 Å². The van der Waals surface area contributed by atoms with E-state index in [4.69, 9.17) is 14.5 Å². The van der Waals surface area contributed by atoms with Crippen LogP contribution in [-0.4, -0.2) is 79.7 Å². The highest BCUT2D eigenvalue weighted by Gasteiger charge is 2.30. The Labute approximate surface area is 246 Å². The Balaban J connectivity index is 1.24. The minimum atomic E-state index is -0.484. The quantitative estimate of drug-likeness (QED) is 0.285. The van der Waals surface area contributed by atoms with Gasteiger partial charge in [0.05, 0.1) is 23.9 Å². The Bertz CT molecular complexity index is 1880. The number of piperazine rings is 1. The molecule has 1 fully saturated rings. The van der Waals surface area contributed by atoms with Crippen molar-refractivity contribution in [2.24, 2.45) is 0 Å². The molecule has 1 atom stereocenters. The van der Waals surface area contributed by atoms with Crippen LogP contribution in [0.1, 0.15) is 12.5 Å². The molecule has 1 saturated heterocycles. The Kier molecular flexibility index (Phi) is 7.67. The van der Waals surface area contributed by atoms with Crippen molar-refractivity contribution in [2.45, 2.75) is 19.9 Å². The van der Waals surface area contributed by atoms with Gasteiger partial charge in [0.1, 0.15) is 35.5 Å². The number of amides is 1. The standard InChI is InChI=1S/C30H28FN9O3/c1-4-5-27(41)39-13-12-38(15-20(39)16-42-3)25-9-7-23-29(37-25)30(34-17-32-23)36-22-6-8-24(19(2)28(22)31)43-21-10-11-40-26(14-21)33-18-35-40/h6-11,14,17-18,20H,12-13,15-16H2,1-3H3,(H,32,34,36)/t20-/m1/s1. The number of anilines is 3. The fraction of sp³-hybridized carbons (Fsp3) is 0.267. The van der Waals surface area contributed by atoms with Crippen molar-refractivity contribution >= 4 is 39.9 Å². The number of pyridine rings is 2. The molecule has 5 aromatic rings. The summed E-state index contributed by atoms with van der Waals surface area (Å²) < 4.78 is 28.6. The van der Waals surface area contributed by atoms with Crippen LogP contribution < -0.4 is 15.0 Å². The zero-order valence-corrected chi connectivity index (χ0v) is 23.8. The van der Waals surface area contributed by atoms with Gasteiger partial charge in [-0.1, -0.05) is 5.92 Å². The van der Waals surface area contributed by atoms with E-state index >= 15 is 4.39 Å². The van der Waals surface area contributed by atoms with E-state index < -0.39 is 5.82 Å². The number of benzene rings is 1. The molecule has 4 aromatic heterocycles. The largest absolute Gasteiger partial charge is 0.457 e. The number of nitrogens with zero attached hydrogens (tertiary/aromatic N) is 8. The van der Waals surface area contributed by atoms with Crippen LogP contribution in [0.5, 0.6) is 11.5 Å². The molecule has 12 nitrogen and oxygen atoms in total. The maximum Gasteiger partial charge on any atom is 0.298 e. The van der Waals surface area contributed by atoms with Crippen molar-refractivity contribution in [2.75, 3.05) is 43.6 Å². The molecule has 0 aliphatic carbocycles. The number of carbonyl (C=O) groups is 1. The molecule has 218 valence electrons. The van der Waals surface area contributed by atoms with Crippen LogP contribution in [0.15, 0.2) is 55.2 Å². The summed E-state index contributed by atoms with van der Waals surface area (Å²) in [5, 5.41) is 7.16. The average Bonchev–Trinajstić information content (AvgIpc) is 3.49. The van der Waals surface area contributed by atoms with Gasteiger partial charge in [-0.25, -0.2) is 28.8 Å². The normalized spacial score (nSPS) is 14.9. The maximum absolute atomic E-state index is 15.6. The molecule has 43 heavy (non-hydrogen) atoms. The first-order valence-corrected chi connectivity index (χ1v) is 13.6. The highest BCUT2D eigenvalue weighted by atomic mass is 19.1. The summed E-state index contributed by atoms with van der Waals surface area (Å²) in [6.45, 7) is 5.20. The van der Waals surface area contributed by atoms with E-state index in [1.165, 1.54) is 12.7 Å². The predicted octanol–water partition coefficient (Wildman–Crippen LogP) is 3.74. The second-order valence-electron chi connectivity index (χ2n) is 9.89. The lowest BCUT2D eigenvalue weighted by Gasteiger charge is -2.40. The van der Waals surface area contributed by atoms with Gasteiger partial charge in [0.2, 0.25) is 0 Å². The SMILES string of the molecule is CC#CC(=O)N1CCN(c2ccc3ncnc(Nc4ccc(Oc5ccn6ncnc6c5)c(C)c4F)c3n2)C[C@@H]1COC. The summed E-state index contributed by atoms with van der Waals surface area (Å²) >= 11 is 0. The summed E-state index contributed by atoms with van der Waals surface area (Å²) in [5.41, 5.74) is 2.24. The van der Waals surface area contributed by atoms with Gasteiger partial charge in [-0.2, -0.15) is 5.10 Å². The van der Waals surface area contributed by atoms with Crippen LogP contribution in [0.4, 0.5) is 21.7 Å². The van der Waals surface area contributed by atoms with Crippen LogP contribution in [0.3, 0.4) is 0 Å². The fourth-order valence-corrected chi connectivity index (χ4v) is 5.03. The van der Waals surface area contributed by atoms with E-state index in [2.05, 4.69) is 42.1 Å². The number of rotatable bonds is 7. The summed E-state index contributed by atoms with van der Waals surface area (Å²) in [6, 6.07) is 10.3. The molecular weight excluding hydrogens is 553 g/mol. The molecule has 1 aliphatic heterocycles. The van der Waals surface area contributed by atoms with Gasteiger partial charge >= 0.3 is 0 Å². The minimum absolute atomic E-state index is 0.190. The molecule has 1 N–H and O–H groups in total. The van der Waals surface area contributed by atoms with Crippen LogP contribution in [0.25, 0.3) is 16.7 Å². The monoisotopic (exact) mass is 581 g/mol. The first-order chi connectivity index (χ1) is 20.9. The van der Waals surface area contributed by atoms with Gasteiger partial charge in [-0.05, 0) is 50.1 Å². The minimum Gasteiger partial charge on any atom is -0.457 e. The predicted molar refractivity (Wildman–Crippen MR) is 158 cm³/mol. The number of carbonyl (C=O) groups excluding carboxylic acids is 1. The first kappa shape index (κ1) is 27.8. The summed E-state index contributed by atoms with van der Waals surface area (Å²) in [4.78, 5) is 34.0. The van der Waals surface area contributed by atoms with Gasteiger partial charge in [-0.3, -0.25) is 4.79 Å². The molecular formula is C30H28FN9O3. The number of hydrogen-bond donors (Lipinski definition) is 1. The van der Waals surface area contributed by atoms with Crippen LogP contribution in [0.2, 0.25) is 0 Å². The molecule has 0 saturated carbocycles. The van der Waals surface area contributed by atoms with Crippen molar-refractivity contribution < 1.29 is 18.7 Å². The third-order valence-corrected chi connectivity index (χ3v) is 7.20. The molecule has 1 aliphatic rings. The number of fused-ring (bicyclic) bond motifs is 2. The second kappa shape index (κ2) is 11.9. The maximum atomic E-state index is 15.6. The number of hydrogen-bond acceptors (Lipinski definition) is 10. The molecule has 0 bridgehead atoms. The van der Waals surface area contributed by atoms with Gasteiger partial charge in [0.25, 0.3) is 5.91 Å². The lowest BCUT2D eigenvalue weighted by Crippen LogP contribution is -2.57. The number of ether oxygens (including phenoxy) is 2. The molecule has 6 rings (SSSR count). The number of halogens is 1. The van der Waals surface area contributed by atoms with Crippen molar-refractivity contribution in [1.82, 2.24) is 34.4 Å². The first-order valence-electron chi connectivity index (χ1n) is 13.6. The molecule has 5 heterocycles. The Morgan fingerprint density at radius 2 is 2.02 bits per heavy atom. The molecule has 0 unspecified atom stereocenters. The Morgan fingerprint density at radius 1 is 1.14 bits per heavy atom. The fourth-order valence-electron chi connectivity index (χ4n) is 5.03. The third-order valence-electron chi connectivity index (χ3n) is 7.20. The van der Waals surface area contributed by atoms with E-state index in [-0.39, 0.29) is 17.6 Å². The number of nitrogens with one attached hydrogen (secondary N) is 1. The second-order valence-corrected chi connectivity index (χ2v) is 9.89. The number of methoxy groups -OCH3 is 1. The zero-order chi connectivity index (χ0) is 29.9. The van der Waals surface area contributed by atoms with Gasteiger partial charge in [0.15, 0.2) is 17.3 Å². The number of aromatic nitrogens is 6. The summed E-state index contributed by atoms with van der Waals surface area (Å²) in [6.07, 6.45) is 4.57. The zero-order valence-electron chi connectivity index (χ0n) is 23.8. The smallest absolute Gasteiger partial charge is 0.298 e. The van der Waals surface area contributed by atoms with Gasteiger partial charge in [-0.15, -0.1) is 0 Å². The summed E-state index contributed by atoms with van der Waals surface area (Å²) in [5.74, 6) is 6.51. The third kappa shape index (κ3) is 5.60.